The molecule has 1 aromatic carbocycles. The first-order chi connectivity index (χ1) is 18.4. The average Bonchev–Trinajstić information content (AvgIpc) is 3.61. The Morgan fingerprint density at radius 2 is 1.95 bits per heavy atom. The molecule has 1 aliphatic heterocycles. The zero-order chi connectivity index (χ0) is 26.4. The lowest BCUT2D eigenvalue weighted by molar-refractivity contribution is 0.227. The van der Waals surface area contributed by atoms with Crippen LogP contribution in [0.15, 0.2) is 42.9 Å². The number of aromatic nitrogens is 4. The van der Waals surface area contributed by atoms with Crippen molar-refractivity contribution in [2.75, 3.05) is 24.5 Å². The average molecular weight is 555 g/mol. The van der Waals surface area contributed by atoms with Crippen molar-refractivity contribution < 1.29 is 9.13 Å². The Balaban J connectivity index is 1.21. The lowest BCUT2D eigenvalue weighted by Gasteiger charge is -2.51. The predicted molar refractivity (Wildman–Crippen MR) is 149 cm³/mol. The molecule has 3 aromatic heterocycles. The van der Waals surface area contributed by atoms with Gasteiger partial charge in [-0.3, -0.25) is 10.1 Å². The molecule has 4 heterocycles. The van der Waals surface area contributed by atoms with E-state index in [1.807, 2.05) is 30.0 Å². The molecule has 0 unspecified atom stereocenters. The number of rotatable bonds is 9. The molecule has 4 aromatic rings. The molecule has 2 aliphatic rings. The van der Waals surface area contributed by atoms with Crippen LogP contribution in [-0.4, -0.2) is 45.3 Å². The van der Waals surface area contributed by atoms with E-state index in [0.29, 0.717) is 38.4 Å². The zero-order valence-electron chi connectivity index (χ0n) is 21.3. The molecule has 38 heavy (non-hydrogen) atoms. The molecule has 1 aliphatic carbocycles. The first-order valence-electron chi connectivity index (χ1n) is 13.0. The normalized spacial score (nSPS) is 17.4. The molecule has 0 bridgehead atoms. The van der Waals surface area contributed by atoms with Crippen LogP contribution in [0.3, 0.4) is 0 Å². The standard InChI is InChI=1S/C28H29Cl2FN6O/c1-3-28(34-10-17-4-5-17)14-37(15-28)27-23(31)8-18(11-33-27)26-20-9-19(6-7-24(20)35-36-26)38-16(2)25-21(29)12-32-13-22(25)30/h6-9,11-13,16-17,34H,3-5,10,14-15H2,1-2H3,(H,35,36)/t16-/m1/s1. The SMILES string of the molecule is CCC1(NCC2CC2)CN(c2ncc(-c3n[nH]c4ccc(O[C@H](C)c5c(Cl)cncc5Cl)cc34)cc2F)C1. The lowest BCUT2D eigenvalue weighted by Crippen LogP contribution is -2.69. The Labute approximate surface area is 230 Å². The fourth-order valence-electron chi connectivity index (χ4n) is 5.13. The molecule has 10 heteroatoms. The van der Waals surface area contributed by atoms with Crippen molar-refractivity contribution >= 4 is 39.9 Å². The number of fused-ring (bicyclic) bond motifs is 1. The van der Waals surface area contributed by atoms with Crippen LogP contribution in [0.1, 0.15) is 44.8 Å². The van der Waals surface area contributed by atoms with E-state index in [9.17, 15) is 0 Å². The Morgan fingerprint density at radius 1 is 1.18 bits per heavy atom. The Hall–Kier alpha value is -2.94. The molecular weight excluding hydrogens is 526 g/mol. The van der Waals surface area contributed by atoms with Gasteiger partial charge in [-0.05, 0) is 62.9 Å². The first-order valence-corrected chi connectivity index (χ1v) is 13.7. The predicted octanol–water partition coefficient (Wildman–Crippen LogP) is 6.57. The number of pyridine rings is 2. The van der Waals surface area contributed by atoms with Crippen LogP contribution in [-0.2, 0) is 0 Å². The molecule has 0 amide bonds. The van der Waals surface area contributed by atoms with Gasteiger partial charge in [-0.25, -0.2) is 9.37 Å². The monoisotopic (exact) mass is 554 g/mol. The van der Waals surface area contributed by atoms with Gasteiger partial charge in [0.15, 0.2) is 11.6 Å². The van der Waals surface area contributed by atoms with E-state index >= 15 is 4.39 Å². The zero-order valence-corrected chi connectivity index (χ0v) is 22.8. The summed E-state index contributed by atoms with van der Waals surface area (Å²) in [5.74, 6) is 1.45. The number of benzene rings is 1. The number of ether oxygens (including phenoxy) is 1. The van der Waals surface area contributed by atoms with Crippen LogP contribution in [0.25, 0.3) is 22.2 Å². The van der Waals surface area contributed by atoms with Crippen LogP contribution in [0.2, 0.25) is 10.0 Å². The van der Waals surface area contributed by atoms with Crippen LogP contribution < -0.4 is 15.0 Å². The third-order valence-corrected chi connectivity index (χ3v) is 8.27. The van der Waals surface area contributed by atoms with E-state index in [0.717, 1.165) is 42.9 Å². The van der Waals surface area contributed by atoms with Crippen LogP contribution in [0.4, 0.5) is 10.2 Å². The fraction of sp³-hybridized carbons (Fsp3) is 0.393. The number of aromatic amines is 1. The second-order valence-electron chi connectivity index (χ2n) is 10.4. The second kappa shape index (κ2) is 9.98. The topological polar surface area (TPSA) is 79.0 Å². The molecule has 1 saturated carbocycles. The van der Waals surface area contributed by atoms with E-state index in [1.54, 1.807) is 6.20 Å². The molecule has 1 saturated heterocycles. The molecule has 2 fully saturated rings. The van der Waals surface area contributed by atoms with Crippen molar-refractivity contribution in [1.29, 1.82) is 0 Å². The molecule has 0 radical (unpaired) electrons. The quantitative estimate of drug-likeness (QED) is 0.243. The summed E-state index contributed by atoms with van der Waals surface area (Å²) in [6, 6.07) is 7.10. The third kappa shape index (κ3) is 4.81. The number of hydrogen-bond acceptors (Lipinski definition) is 6. The van der Waals surface area contributed by atoms with Gasteiger partial charge in [0.25, 0.3) is 0 Å². The smallest absolute Gasteiger partial charge is 0.166 e. The summed E-state index contributed by atoms with van der Waals surface area (Å²) in [5.41, 5.74) is 2.72. The number of hydrogen-bond donors (Lipinski definition) is 2. The summed E-state index contributed by atoms with van der Waals surface area (Å²) in [4.78, 5) is 10.5. The molecule has 2 N–H and O–H groups in total. The van der Waals surface area contributed by atoms with Gasteiger partial charge < -0.3 is 15.0 Å². The summed E-state index contributed by atoms with van der Waals surface area (Å²) in [6.45, 7) is 6.63. The summed E-state index contributed by atoms with van der Waals surface area (Å²) >= 11 is 12.6. The van der Waals surface area contributed by atoms with Crippen molar-refractivity contribution in [3.63, 3.8) is 0 Å². The van der Waals surface area contributed by atoms with Crippen molar-refractivity contribution in [1.82, 2.24) is 25.5 Å². The van der Waals surface area contributed by atoms with Gasteiger partial charge in [-0.2, -0.15) is 5.10 Å². The Kier molecular flexibility index (Phi) is 6.66. The molecular formula is C28H29Cl2FN6O. The number of halogens is 3. The van der Waals surface area contributed by atoms with Crippen molar-refractivity contribution in [2.45, 2.75) is 44.8 Å². The molecule has 7 nitrogen and oxygen atoms in total. The lowest BCUT2D eigenvalue weighted by atomic mass is 9.86. The van der Waals surface area contributed by atoms with Crippen molar-refractivity contribution in [3.05, 3.63) is 64.3 Å². The van der Waals surface area contributed by atoms with E-state index in [-0.39, 0.29) is 11.4 Å². The third-order valence-electron chi connectivity index (χ3n) is 7.67. The molecule has 6 rings (SSSR count). The van der Waals surface area contributed by atoms with E-state index in [4.69, 9.17) is 27.9 Å². The summed E-state index contributed by atoms with van der Waals surface area (Å²) < 4.78 is 21.4. The van der Waals surface area contributed by atoms with Crippen molar-refractivity contribution in [3.8, 4) is 17.0 Å². The highest BCUT2D eigenvalue weighted by molar-refractivity contribution is 6.35. The van der Waals surface area contributed by atoms with Gasteiger partial charge in [0.05, 0.1) is 21.1 Å². The maximum Gasteiger partial charge on any atom is 0.166 e. The highest BCUT2D eigenvalue weighted by Crippen LogP contribution is 2.37. The summed E-state index contributed by atoms with van der Waals surface area (Å²) in [5, 5.41) is 12.9. The van der Waals surface area contributed by atoms with Crippen LogP contribution >= 0.6 is 23.2 Å². The molecule has 0 spiro atoms. The van der Waals surface area contributed by atoms with E-state index < -0.39 is 6.10 Å². The Morgan fingerprint density at radius 3 is 2.63 bits per heavy atom. The molecule has 198 valence electrons. The van der Waals surface area contributed by atoms with Crippen molar-refractivity contribution in [2.24, 2.45) is 5.92 Å². The maximum absolute atomic E-state index is 15.3. The van der Waals surface area contributed by atoms with Gasteiger partial charge >= 0.3 is 0 Å². The van der Waals surface area contributed by atoms with Crippen LogP contribution in [0.5, 0.6) is 5.75 Å². The minimum atomic E-state index is -0.408. The van der Waals surface area contributed by atoms with E-state index in [1.165, 1.54) is 31.3 Å². The number of nitrogens with zero attached hydrogens (tertiary/aromatic N) is 4. The second-order valence-corrected chi connectivity index (χ2v) is 11.2. The number of nitrogens with one attached hydrogen (secondary N) is 2. The minimum absolute atomic E-state index is 0.0477. The van der Waals surface area contributed by atoms with Crippen LogP contribution in [0, 0.1) is 11.7 Å². The van der Waals surface area contributed by atoms with Gasteiger partial charge in [0.2, 0.25) is 0 Å². The van der Waals surface area contributed by atoms with Gasteiger partial charge in [-0.15, -0.1) is 0 Å². The number of H-pyrrole nitrogens is 1. The van der Waals surface area contributed by atoms with E-state index in [2.05, 4.69) is 32.4 Å². The highest BCUT2D eigenvalue weighted by atomic mass is 35.5. The Bertz CT molecular complexity index is 1460. The summed E-state index contributed by atoms with van der Waals surface area (Å²) in [6.07, 6.45) is 8.00. The first kappa shape index (κ1) is 25.3. The van der Waals surface area contributed by atoms with Gasteiger partial charge in [0, 0.05) is 48.2 Å². The van der Waals surface area contributed by atoms with Gasteiger partial charge in [-0.1, -0.05) is 30.1 Å². The fourth-order valence-corrected chi connectivity index (χ4v) is 5.80. The highest BCUT2D eigenvalue weighted by Gasteiger charge is 2.43. The largest absolute Gasteiger partial charge is 0.486 e. The maximum atomic E-state index is 15.3. The summed E-state index contributed by atoms with van der Waals surface area (Å²) in [7, 11) is 0. The van der Waals surface area contributed by atoms with Gasteiger partial charge in [0.1, 0.15) is 17.5 Å². The number of anilines is 1. The molecule has 1 atom stereocenters. The minimum Gasteiger partial charge on any atom is -0.486 e.